The van der Waals surface area contributed by atoms with E-state index in [2.05, 4.69) is 39.2 Å². The second kappa shape index (κ2) is 7.11. The van der Waals surface area contributed by atoms with Gasteiger partial charge in [-0.25, -0.2) is 4.79 Å². The van der Waals surface area contributed by atoms with Crippen LogP contribution in [0, 0.1) is 0 Å². The number of amides is 1. The third-order valence-electron chi connectivity index (χ3n) is 3.50. The summed E-state index contributed by atoms with van der Waals surface area (Å²) < 4.78 is 5.99. The van der Waals surface area contributed by atoms with E-state index in [-0.39, 0.29) is 5.04 Å². The molecule has 0 aromatic rings. The van der Waals surface area contributed by atoms with E-state index in [4.69, 9.17) is 9.53 Å². The lowest BCUT2D eigenvalue weighted by molar-refractivity contribution is 0.156. The highest BCUT2D eigenvalue weighted by Gasteiger charge is 2.36. The van der Waals surface area contributed by atoms with E-state index < -0.39 is 14.4 Å². The Hall–Kier alpha value is -0.593. The molecule has 0 radical (unpaired) electrons. The number of carboxylic acid groups (broad SMARTS) is 1. The molecule has 0 saturated carbocycles. The maximum Gasteiger partial charge on any atom is 0.407 e. The fourth-order valence-corrected chi connectivity index (χ4v) is 2.11. The van der Waals surface area contributed by atoms with Gasteiger partial charge in [0, 0.05) is 33.3 Å². The molecule has 0 aromatic carbocycles. The van der Waals surface area contributed by atoms with Crippen LogP contribution >= 0.6 is 0 Å². The van der Waals surface area contributed by atoms with Crippen LogP contribution in [-0.2, 0) is 4.43 Å². The highest BCUT2D eigenvalue weighted by molar-refractivity contribution is 6.74. The van der Waals surface area contributed by atoms with Gasteiger partial charge in [-0.3, -0.25) is 0 Å². The van der Waals surface area contributed by atoms with E-state index in [0.29, 0.717) is 19.7 Å². The Morgan fingerprint density at radius 1 is 1.33 bits per heavy atom. The molecule has 1 amide bonds. The standard InChI is InChI=1S/C12H28N2O3Si/c1-12(2,3)18(5,6)17-10-8-13-7-9-14(4)11(15)16/h13H,7-10H2,1-6H3,(H,15,16). The molecule has 5 nitrogen and oxygen atoms in total. The van der Waals surface area contributed by atoms with Gasteiger partial charge in [0.25, 0.3) is 0 Å². The number of carbonyl (C=O) groups is 1. The van der Waals surface area contributed by atoms with Crippen LogP contribution in [0.3, 0.4) is 0 Å². The predicted molar refractivity (Wildman–Crippen MR) is 76.7 cm³/mol. The Morgan fingerprint density at radius 2 is 1.89 bits per heavy atom. The maximum absolute atomic E-state index is 10.5. The number of likely N-dealkylation sites (N-methyl/N-ethyl adjacent to an activating group) is 1. The lowest BCUT2D eigenvalue weighted by Gasteiger charge is -2.36. The highest BCUT2D eigenvalue weighted by Crippen LogP contribution is 2.36. The third kappa shape index (κ3) is 6.37. The van der Waals surface area contributed by atoms with Crippen molar-refractivity contribution in [2.75, 3.05) is 33.3 Å². The summed E-state index contributed by atoms with van der Waals surface area (Å²) in [6.45, 7) is 13.7. The van der Waals surface area contributed by atoms with Crippen molar-refractivity contribution in [3.8, 4) is 0 Å². The number of nitrogens with zero attached hydrogens (tertiary/aromatic N) is 1. The van der Waals surface area contributed by atoms with Gasteiger partial charge in [-0.2, -0.15) is 0 Å². The van der Waals surface area contributed by atoms with Crippen molar-refractivity contribution in [3.05, 3.63) is 0 Å². The van der Waals surface area contributed by atoms with Gasteiger partial charge in [-0.1, -0.05) is 20.8 Å². The van der Waals surface area contributed by atoms with Crippen LogP contribution in [0.5, 0.6) is 0 Å². The van der Waals surface area contributed by atoms with E-state index in [1.54, 1.807) is 7.05 Å². The average molecular weight is 276 g/mol. The van der Waals surface area contributed by atoms with Crippen molar-refractivity contribution in [2.45, 2.75) is 38.9 Å². The molecule has 0 unspecified atom stereocenters. The molecule has 0 bridgehead atoms. The zero-order valence-corrected chi connectivity index (χ0v) is 13.5. The molecule has 0 heterocycles. The predicted octanol–water partition coefficient (Wildman–Crippen LogP) is 2.21. The Morgan fingerprint density at radius 3 is 2.33 bits per heavy atom. The summed E-state index contributed by atoms with van der Waals surface area (Å²) in [5, 5.41) is 12.1. The van der Waals surface area contributed by atoms with E-state index in [1.165, 1.54) is 4.90 Å². The summed E-state index contributed by atoms with van der Waals surface area (Å²) in [5.74, 6) is 0. The SMILES string of the molecule is CN(CCNCCO[Si](C)(C)C(C)(C)C)C(=O)O. The first-order valence-corrected chi connectivity index (χ1v) is 9.27. The molecule has 0 aliphatic carbocycles. The van der Waals surface area contributed by atoms with E-state index in [0.717, 1.165) is 6.54 Å². The van der Waals surface area contributed by atoms with Gasteiger partial charge >= 0.3 is 6.09 Å². The van der Waals surface area contributed by atoms with Gasteiger partial charge < -0.3 is 19.7 Å². The van der Waals surface area contributed by atoms with Crippen LogP contribution in [0.15, 0.2) is 0 Å². The normalized spacial score (nSPS) is 12.6. The van der Waals surface area contributed by atoms with Gasteiger partial charge in [0.05, 0.1) is 0 Å². The minimum atomic E-state index is -1.65. The largest absolute Gasteiger partial charge is 0.465 e. The summed E-state index contributed by atoms with van der Waals surface area (Å²) in [4.78, 5) is 11.8. The van der Waals surface area contributed by atoms with Gasteiger partial charge in [-0.05, 0) is 18.1 Å². The van der Waals surface area contributed by atoms with Gasteiger partial charge in [0.1, 0.15) is 0 Å². The number of nitrogens with one attached hydrogen (secondary N) is 1. The van der Waals surface area contributed by atoms with E-state index in [9.17, 15) is 4.79 Å². The highest BCUT2D eigenvalue weighted by atomic mass is 28.4. The van der Waals surface area contributed by atoms with Crippen molar-refractivity contribution < 1.29 is 14.3 Å². The monoisotopic (exact) mass is 276 g/mol. The zero-order valence-electron chi connectivity index (χ0n) is 12.5. The van der Waals surface area contributed by atoms with Crippen molar-refractivity contribution in [1.82, 2.24) is 10.2 Å². The molecule has 0 aliphatic heterocycles. The minimum absolute atomic E-state index is 0.233. The van der Waals surface area contributed by atoms with Gasteiger partial charge in [0.2, 0.25) is 0 Å². The Labute approximate surface area is 112 Å². The first-order valence-electron chi connectivity index (χ1n) is 6.36. The molecule has 108 valence electrons. The van der Waals surface area contributed by atoms with Crippen LogP contribution in [0.2, 0.25) is 18.1 Å². The molecule has 0 fully saturated rings. The number of hydrogen-bond acceptors (Lipinski definition) is 3. The van der Waals surface area contributed by atoms with Crippen LogP contribution in [0.4, 0.5) is 4.79 Å². The Kier molecular flexibility index (Phi) is 6.87. The second-order valence-electron chi connectivity index (χ2n) is 6.06. The zero-order chi connectivity index (χ0) is 14.4. The van der Waals surface area contributed by atoms with Crippen LogP contribution in [-0.4, -0.2) is 57.7 Å². The summed E-state index contributed by atoms with van der Waals surface area (Å²) in [6, 6.07) is 0. The Balaban J connectivity index is 3.67. The molecule has 0 spiro atoms. The fourth-order valence-electron chi connectivity index (χ4n) is 1.06. The summed E-state index contributed by atoms with van der Waals surface area (Å²) >= 11 is 0. The molecule has 6 heteroatoms. The molecule has 0 atom stereocenters. The maximum atomic E-state index is 10.5. The lowest BCUT2D eigenvalue weighted by Crippen LogP contribution is -2.42. The van der Waals surface area contributed by atoms with E-state index in [1.807, 2.05) is 0 Å². The van der Waals surface area contributed by atoms with Crippen LogP contribution in [0.1, 0.15) is 20.8 Å². The first-order chi connectivity index (χ1) is 8.08. The molecule has 18 heavy (non-hydrogen) atoms. The van der Waals surface area contributed by atoms with E-state index >= 15 is 0 Å². The second-order valence-corrected chi connectivity index (χ2v) is 10.9. The summed E-state index contributed by atoms with van der Waals surface area (Å²) in [7, 11) is -0.0837. The quantitative estimate of drug-likeness (QED) is 0.553. The molecular weight excluding hydrogens is 248 g/mol. The molecular formula is C12H28N2O3Si. The molecule has 0 aromatic heterocycles. The van der Waals surface area contributed by atoms with Crippen molar-refractivity contribution >= 4 is 14.4 Å². The average Bonchev–Trinajstić information content (AvgIpc) is 2.20. The molecule has 2 N–H and O–H groups in total. The molecule has 0 saturated heterocycles. The van der Waals surface area contributed by atoms with Gasteiger partial charge in [-0.15, -0.1) is 0 Å². The molecule has 0 rings (SSSR count). The summed E-state index contributed by atoms with van der Waals surface area (Å²) in [6.07, 6.45) is -0.894. The smallest absolute Gasteiger partial charge is 0.407 e. The van der Waals surface area contributed by atoms with Crippen molar-refractivity contribution in [2.24, 2.45) is 0 Å². The summed E-state index contributed by atoms with van der Waals surface area (Å²) in [5.41, 5.74) is 0. The lowest BCUT2D eigenvalue weighted by atomic mass is 10.2. The first kappa shape index (κ1) is 17.4. The van der Waals surface area contributed by atoms with Crippen molar-refractivity contribution in [3.63, 3.8) is 0 Å². The minimum Gasteiger partial charge on any atom is -0.465 e. The van der Waals surface area contributed by atoms with Gasteiger partial charge in [0.15, 0.2) is 8.32 Å². The van der Waals surface area contributed by atoms with Crippen LogP contribution in [0.25, 0.3) is 0 Å². The molecule has 0 aliphatic rings. The number of hydrogen-bond donors (Lipinski definition) is 2. The van der Waals surface area contributed by atoms with Crippen LogP contribution < -0.4 is 5.32 Å². The Bertz CT molecular complexity index is 265. The number of rotatable bonds is 7. The van der Waals surface area contributed by atoms with Crippen molar-refractivity contribution in [1.29, 1.82) is 0 Å². The third-order valence-corrected chi connectivity index (χ3v) is 8.04. The topological polar surface area (TPSA) is 61.8 Å². The fraction of sp³-hybridized carbons (Fsp3) is 0.917.